The third-order valence-corrected chi connectivity index (χ3v) is 5.23. The molecule has 0 radical (unpaired) electrons. The van der Waals surface area contributed by atoms with Gasteiger partial charge in [0.1, 0.15) is 5.41 Å². The summed E-state index contributed by atoms with van der Waals surface area (Å²) < 4.78 is 0. The summed E-state index contributed by atoms with van der Waals surface area (Å²) in [4.78, 5) is 11.6. The molecule has 2 aliphatic carbocycles. The average Bonchev–Trinajstić information content (AvgIpc) is 3.42. The first-order chi connectivity index (χ1) is 11.5. The number of aliphatic hydroxyl groups excluding tert-OH is 1. The van der Waals surface area contributed by atoms with Gasteiger partial charge in [-0.15, -0.1) is 17.0 Å². The molecular formula is C21H25BrO3. The first kappa shape index (κ1) is 19.7. The number of carboxylic acid groups (broad SMARTS) is 1. The Hall–Kier alpha value is -1.65. The third kappa shape index (κ3) is 3.51. The smallest absolute Gasteiger partial charge is 0.318 e. The van der Waals surface area contributed by atoms with Crippen LogP contribution in [0.25, 0.3) is 11.1 Å². The Labute approximate surface area is 159 Å². The van der Waals surface area contributed by atoms with Crippen LogP contribution in [0.4, 0.5) is 0 Å². The van der Waals surface area contributed by atoms with Gasteiger partial charge in [-0.05, 0) is 54.4 Å². The molecule has 2 aliphatic rings. The van der Waals surface area contributed by atoms with Crippen LogP contribution in [0.15, 0.2) is 48.5 Å². The zero-order valence-electron chi connectivity index (χ0n) is 14.6. The number of rotatable bonds is 3. The number of fused-ring (bicyclic) bond motifs is 3. The van der Waals surface area contributed by atoms with Gasteiger partial charge in [0, 0.05) is 0 Å². The molecule has 4 heteroatoms. The second kappa shape index (κ2) is 7.71. The van der Waals surface area contributed by atoms with Gasteiger partial charge in [-0.25, -0.2) is 0 Å². The minimum Gasteiger partial charge on any atom is -0.480 e. The standard InChI is InChI=1S/C15H12O2.C6H12O.BrH/c1-15(14(16)17)12-8-4-2-6-10(12)11-7-3-5-9-13(11)15;1-2-6(7)5-3-4-5;/h2-9H,1H3,(H,16,17);5-7H,2-4H2,1H3;1H. The van der Waals surface area contributed by atoms with Gasteiger partial charge in [0.2, 0.25) is 0 Å². The van der Waals surface area contributed by atoms with Crippen molar-refractivity contribution in [2.45, 2.75) is 44.6 Å². The number of aliphatic carboxylic acids is 1. The van der Waals surface area contributed by atoms with Gasteiger partial charge in [-0.3, -0.25) is 4.79 Å². The van der Waals surface area contributed by atoms with Crippen molar-refractivity contribution < 1.29 is 15.0 Å². The molecule has 0 saturated heterocycles. The molecule has 2 aromatic carbocycles. The predicted octanol–water partition coefficient (Wildman–Crippen LogP) is 4.80. The number of carboxylic acids is 1. The van der Waals surface area contributed by atoms with E-state index in [1.807, 2.05) is 55.5 Å². The summed E-state index contributed by atoms with van der Waals surface area (Å²) in [5, 5.41) is 18.6. The van der Waals surface area contributed by atoms with Crippen molar-refractivity contribution in [3.63, 3.8) is 0 Å². The van der Waals surface area contributed by atoms with E-state index in [1.165, 1.54) is 12.8 Å². The highest BCUT2D eigenvalue weighted by atomic mass is 79.9. The molecule has 2 aromatic rings. The van der Waals surface area contributed by atoms with Gasteiger partial charge in [0.05, 0.1) is 6.10 Å². The summed E-state index contributed by atoms with van der Waals surface area (Å²) in [6, 6.07) is 15.5. The van der Waals surface area contributed by atoms with Crippen LogP contribution in [0.3, 0.4) is 0 Å². The van der Waals surface area contributed by atoms with Gasteiger partial charge in [0.25, 0.3) is 0 Å². The molecule has 0 aromatic heterocycles. The molecule has 1 atom stereocenters. The summed E-state index contributed by atoms with van der Waals surface area (Å²) >= 11 is 0. The first-order valence-corrected chi connectivity index (χ1v) is 8.61. The van der Waals surface area contributed by atoms with Crippen LogP contribution >= 0.6 is 17.0 Å². The summed E-state index contributed by atoms with van der Waals surface area (Å²) in [5.74, 6) is -0.125. The number of aliphatic hydroxyl groups is 1. The summed E-state index contributed by atoms with van der Waals surface area (Å²) in [5.41, 5.74) is 2.91. The Kier molecular flexibility index (Phi) is 6.07. The van der Waals surface area contributed by atoms with E-state index in [-0.39, 0.29) is 23.1 Å². The molecule has 2 N–H and O–H groups in total. The van der Waals surface area contributed by atoms with Crippen molar-refractivity contribution in [2.75, 3.05) is 0 Å². The fraction of sp³-hybridized carbons (Fsp3) is 0.381. The normalized spacial score (nSPS) is 17.2. The highest BCUT2D eigenvalue weighted by Gasteiger charge is 2.45. The monoisotopic (exact) mass is 404 g/mol. The highest BCUT2D eigenvalue weighted by molar-refractivity contribution is 8.93. The van der Waals surface area contributed by atoms with Crippen LogP contribution in [-0.2, 0) is 10.2 Å². The van der Waals surface area contributed by atoms with E-state index in [1.54, 1.807) is 6.92 Å². The molecule has 4 rings (SSSR count). The summed E-state index contributed by atoms with van der Waals surface area (Å²) in [6.45, 7) is 3.81. The molecule has 3 nitrogen and oxygen atoms in total. The van der Waals surface area contributed by atoms with Crippen molar-refractivity contribution in [3.05, 3.63) is 59.7 Å². The molecule has 1 unspecified atom stereocenters. The average molecular weight is 405 g/mol. The fourth-order valence-corrected chi connectivity index (χ4v) is 3.50. The molecule has 0 aliphatic heterocycles. The Balaban J connectivity index is 0.000000240. The van der Waals surface area contributed by atoms with Crippen LogP contribution < -0.4 is 0 Å². The van der Waals surface area contributed by atoms with Crippen molar-refractivity contribution in [1.29, 1.82) is 0 Å². The largest absolute Gasteiger partial charge is 0.480 e. The molecule has 25 heavy (non-hydrogen) atoms. The molecule has 0 spiro atoms. The molecule has 1 fully saturated rings. The number of halogens is 1. The topological polar surface area (TPSA) is 57.5 Å². The molecule has 0 amide bonds. The summed E-state index contributed by atoms with van der Waals surface area (Å²) in [7, 11) is 0. The Morgan fingerprint density at radius 3 is 1.84 bits per heavy atom. The zero-order chi connectivity index (χ0) is 17.3. The maximum atomic E-state index is 11.6. The van der Waals surface area contributed by atoms with Crippen LogP contribution in [0.2, 0.25) is 0 Å². The number of benzene rings is 2. The SMILES string of the molecule is Br.CC1(C(=O)O)c2ccccc2-c2ccccc21.CCC(O)C1CC1. The first-order valence-electron chi connectivity index (χ1n) is 8.61. The van der Waals surface area contributed by atoms with Crippen LogP contribution in [0, 0.1) is 5.92 Å². The third-order valence-electron chi connectivity index (χ3n) is 5.23. The van der Waals surface area contributed by atoms with E-state index in [0.717, 1.165) is 28.7 Å². The Bertz CT molecular complexity index is 707. The van der Waals surface area contributed by atoms with E-state index in [9.17, 15) is 9.90 Å². The van der Waals surface area contributed by atoms with E-state index >= 15 is 0 Å². The highest BCUT2D eigenvalue weighted by Crippen LogP contribution is 2.48. The Morgan fingerprint density at radius 2 is 1.52 bits per heavy atom. The minimum atomic E-state index is -0.923. The number of carbonyl (C=O) groups is 1. The van der Waals surface area contributed by atoms with Gasteiger partial charge in [-0.1, -0.05) is 55.5 Å². The number of hydrogen-bond acceptors (Lipinski definition) is 2. The second-order valence-electron chi connectivity index (χ2n) is 6.83. The van der Waals surface area contributed by atoms with E-state index in [4.69, 9.17) is 5.11 Å². The van der Waals surface area contributed by atoms with E-state index < -0.39 is 11.4 Å². The summed E-state index contributed by atoms with van der Waals surface area (Å²) in [6.07, 6.45) is 3.47. The van der Waals surface area contributed by atoms with Crippen LogP contribution in [-0.4, -0.2) is 22.3 Å². The molecular weight excluding hydrogens is 380 g/mol. The van der Waals surface area contributed by atoms with Crippen molar-refractivity contribution in [1.82, 2.24) is 0 Å². The Morgan fingerprint density at radius 1 is 1.08 bits per heavy atom. The van der Waals surface area contributed by atoms with Crippen molar-refractivity contribution in [3.8, 4) is 11.1 Å². The van der Waals surface area contributed by atoms with Crippen LogP contribution in [0.5, 0.6) is 0 Å². The zero-order valence-corrected chi connectivity index (χ0v) is 16.3. The van der Waals surface area contributed by atoms with Gasteiger partial charge in [0.15, 0.2) is 0 Å². The maximum Gasteiger partial charge on any atom is 0.318 e. The molecule has 1 saturated carbocycles. The van der Waals surface area contributed by atoms with Gasteiger partial charge in [-0.2, -0.15) is 0 Å². The molecule has 0 bridgehead atoms. The molecule has 134 valence electrons. The predicted molar refractivity (Wildman–Crippen MR) is 105 cm³/mol. The minimum absolute atomic E-state index is 0. The van der Waals surface area contributed by atoms with Gasteiger partial charge < -0.3 is 10.2 Å². The quantitative estimate of drug-likeness (QED) is 0.771. The lowest BCUT2D eigenvalue weighted by molar-refractivity contribution is -0.141. The number of hydrogen-bond donors (Lipinski definition) is 2. The lowest BCUT2D eigenvalue weighted by atomic mass is 9.80. The second-order valence-corrected chi connectivity index (χ2v) is 6.83. The molecule has 0 heterocycles. The fourth-order valence-electron chi connectivity index (χ4n) is 3.50. The van der Waals surface area contributed by atoms with Crippen molar-refractivity contribution in [2.24, 2.45) is 5.92 Å². The lowest BCUT2D eigenvalue weighted by Gasteiger charge is -2.21. The maximum absolute atomic E-state index is 11.6. The van der Waals surface area contributed by atoms with Crippen LogP contribution in [0.1, 0.15) is 44.2 Å². The van der Waals surface area contributed by atoms with Crippen molar-refractivity contribution >= 4 is 23.0 Å². The van der Waals surface area contributed by atoms with Gasteiger partial charge >= 0.3 is 5.97 Å². The van der Waals surface area contributed by atoms with E-state index in [2.05, 4.69) is 0 Å². The lowest BCUT2D eigenvalue weighted by Crippen LogP contribution is -2.31. The van der Waals surface area contributed by atoms with E-state index in [0.29, 0.717) is 5.92 Å².